The van der Waals surface area contributed by atoms with Gasteiger partial charge in [-0.2, -0.15) is 0 Å². The molecule has 0 saturated carbocycles. The molecule has 10 heteroatoms. The number of carboxylic acid groups (broad SMARTS) is 1. The number of ether oxygens (including phenoxy) is 2. The molecular weight excluding hydrogens is 486 g/mol. The first kappa shape index (κ1) is 25.5. The SMILES string of the molecule is COc1cc(CCC(=O)c2nc3ccc(F)c(OCCc4ccc(C(=O)O)cc4)c3c(=O)[nH]2)ccc1F. The van der Waals surface area contributed by atoms with E-state index in [-0.39, 0.29) is 53.2 Å². The molecule has 2 N–H and O–H groups in total. The Hall–Kier alpha value is -4.60. The standard InChI is InChI=1S/C27H22F2N2O6/c1-36-22-14-16(4-8-18(22)28)5-11-21(32)25-30-20-10-9-19(29)24(23(20)26(33)31-25)37-13-12-15-2-6-17(7-3-15)27(34)35/h2-4,6-10,14H,5,11-13H2,1H3,(H,34,35)(H,30,31,33). The van der Waals surface area contributed by atoms with Crippen molar-refractivity contribution in [3.63, 3.8) is 0 Å². The molecular formula is C27H22F2N2O6. The fraction of sp³-hybridized carbons (Fsp3) is 0.185. The highest BCUT2D eigenvalue weighted by atomic mass is 19.1. The number of methoxy groups -OCH3 is 1. The second-order valence-corrected chi connectivity index (χ2v) is 8.18. The molecule has 0 unspecified atom stereocenters. The number of carbonyl (C=O) groups excluding carboxylic acids is 1. The summed E-state index contributed by atoms with van der Waals surface area (Å²) in [7, 11) is 1.34. The van der Waals surface area contributed by atoms with E-state index in [0.717, 1.165) is 11.6 Å². The first-order valence-corrected chi connectivity index (χ1v) is 11.3. The van der Waals surface area contributed by atoms with Gasteiger partial charge >= 0.3 is 5.97 Å². The average molecular weight is 508 g/mol. The highest BCUT2D eigenvalue weighted by molar-refractivity contribution is 5.95. The van der Waals surface area contributed by atoms with E-state index in [9.17, 15) is 23.2 Å². The van der Waals surface area contributed by atoms with E-state index >= 15 is 0 Å². The Morgan fingerprint density at radius 1 is 0.973 bits per heavy atom. The van der Waals surface area contributed by atoms with Gasteiger partial charge in [-0.15, -0.1) is 0 Å². The molecule has 0 bridgehead atoms. The van der Waals surface area contributed by atoms with Gasteiger partial charge < -0.3 is 19.6 Å². The molecule has 0 saturated heterocycles. The summed E-state index contributed by atoms with van der Waals surface area (Å²) in [5, 5.41) is 8.85. The summed E-state index contributed by atoms with van der Waals surface area (Å²) in [6, 6.07) is 12.8. The van der Waals surface area contributed by atoms with Gasteiger partial charge in [0.2, 0.25) is 0 Å². The number of carbonyl (C=O) groups is 2. The fourth-order valence-corrected chi connectivity index (χ4v) is 3.77. The molecule has 0 spiro atoms. The summed E-state index contributed by atoms with van der Waals surface area (Å²) in [6.07, 6.45) is 0.600. The molecule has 1 heterocycles. The van der Waals surface area contributed by atoms with Crippen LogP contribution in [0.5, 0.6) is 11.5 Å². The third-order valence-electron chi connectivity index (χ3n) is 5.74. The van der Waals surface area contributed by atoms with Gasteiger partial charge in [0.1, 0.15) is 5.39 Å². The Kier molecular flexibility index (Phi) is 7.57. The normalized spacial score (nSPS) is 10.9. The summed E-state index contributed by atoms with van der Waals surface area (Å²) < 4.78 is 38.7. The summed E-state index contributed by atoms with van der Waals surface area (Å²) in [5.74, 6) is -3.16. The van der Waals surface area contributed by atoms with Crippen LogP contribution in [0.25, 0.3) is 10.9 Å². The monoisotopic (exact) mass is 508 g/mol. The van der Waals surface area contributed by atoms with E-state index < -0.39 is 28.9 Å². The lowest BCUT2D eigenvalue weighted by atomic mass is 10.1. The maximum atomic E-state index is 14.6. The van der Waals surface area contributed by atoms with Crippen LogP contribution in [0.15, 0.2) is 59.4 Å². The Morgan fingerprint density at radius 2 is 1.68 bits per heavy atom. The predicted octanol–water partition coefficient (Wildman–Crippen LogP) is 4.35. The summed E-state index contributed by atoms with van der Waals surface area (Å²) in [6.45, 7) is 0.0176. The molecule has 37 heavy (non-hydrogen) atoms. The van der Waals surface area contributed by atoms with Crippen molar-refractivity contribution in [2.24, 2.45) is 0 Å². The zero-order valence-electron chi connectivity index (χ0n) is 19.7. The third-order valence-corrected chi connectivity index (χ3v) is 5.74. The summed E-state index contributed by atoms with van der Waals surface area (Å²) in [4.78, 5) is 43.1. The molecule has 0 amide bonds. The molecule has 0 aliphatic rings. The second kappa shape index (κ2) is 11.0. The van der Waals surface area contributed by atoms with E-state index in [0.29, 0.717) is 12.0 Å². The largest absolute Gasteiger partial charge is 0.494 e. The molecule has 0 aliphatic heterocycles. The number of hydrogen-bond acceptors (Lipinski definition) is 6. The number of halogens is 2. The van der Waals surface area contributed by atoms with Crippen molar-refractivity contribution in [3.8, 4) is 11.5 Å². The number of fused-ring (bicyclic) bond motifs is 1. The van der Waals surface area contributed by atoms with Crippen molar-refractivity contribution in [3.05, 3.63) is 99.1 Å². The lowest BCUT2D eigenvalue weighted by molar-refractivity contribution is 0.0696. The van der Waals surface area contributed by atoms with E-state index in [1.807, 2.05) is 0 Å². The predicted molar refractivity (Wildman–Crippen MR) is 131 cm³/mol. The van der Waals surface area contributed by atoms with Gasteiger partial charge in [0.25, 0.3) is 5.56 Å². The van der Waals surface area contributed by atoms with Gasteiger partial charge in [-0.05, 0) is 53.9 Å². The zero-order chi connectivity index (χ0) is 26.5. The summed E-state index contributed by atoms with van der Waals surface area (Å²) in [5.41, 5.74) is 0.953. The van der Waals surface area contributed by atoms with Gasteiger partial charge in [0.15, 0.2) is 34.7 Å². The number of rotatable bonds is 10. The molecule has 8 nitrogen and oxygen atoms in total. The number of aromatic carboxylic acids is 1. The summed E-state index contributed by atoms with van der Waals surface area (Å²) >= 11 is 0. The van der Waals surface area contributed by atoms with Crippen LogP contribution in [0.1, 0.15) is 38.5 Å². The van der Waals surface area contributed by atoms with Crippen molar-refractivity contribution in [1.82, 2.24) is 9.97 Å². The molecule has 4 aromatic rings. The number of benzene rings is 3. The highest BCUT2D eigenvalue weighted by Gasteiger charge is 2.18. The third kappa shape index (κ3) is 5.80. The van der Waals surface area contributed by atoms with Crippen LogP contribution >= 0.6 is 0 Å². The Morgan fingerprint density at radius 3 is 2.38 bits per heavy atom. The molecule has 0 atom stereocenters. The van der Waals surface area contributed by atoms with Gasteiger partial charge in [0.05, 0.1) is 24.8 Å². The number of Topliss-reactive ketones (excluding diaryl/α,β-unsaturated/α-hetero) is 1. The van der Waals surface area contributed by atoms with Crippen LogP contribution in [0.3, 0.4) is 0 Å². The minimum atomic E-state index is -1.04. The van der Waals surface area contributed by atoms with Crippen LogP contribution in [0.4, 0.5) is 8.78 Å². The lowest BCUT2D eigenvalue weighted by Gasteiger charge is -2.11. The number of nitrogens with one attached hydrogen (secondary N) is 1. The van der Waals surface area contributed by atoms with Crippen LogP contribution < -0.4 is 15.0 Å². The second-order valence-electron chi connectivity index (χ2n) is 8.18. The number of hydrogen-bond donors (Lipinski definition) is 2. The van der Waals surface area contributed by atoms with Crippen molar-refractivity contribution in [2.45, 2.75) is 19.3 Å². The van der Waals surface area contributed by atoms with Crippen molar-refractivity contribution < 1.29 is 33.0 Å². The highest BCUT2D eigenvalue weighted by Crippen LogP contribution is 2.26. The van der Waals surface area contributed by atoms with Crippen molar-refractivity contribution >= 4 is 22.7 Å². The first-order valence-electron chi connectivity index (χ1n) is 11.3. The Bertz CT molecular complexity index is 1530. The molecule has 1 aromatic heterocycles. The van der Waals surface area contributed by atoms with E-state index in [2.05, 4.69) is 9.97 Å². The average Bonchev–Trinajstić information content (AvgIpc) is 2.89. The molecule has 0 fully saturated rings. The van der Waals surface area contributed by atoms with E-state index in [4.69, 9.17) is 14.6 Å². The number of H-pyrrole nitrogens is 1. The lowest BCUT2D eigenvalue weighted by Crippen LogP contribution is -2.18. The number of ketones is 1. The molecule has 190 valence electrons. The zero-order valence-corrected chi connectivity index (χ0v) is 19.7. The van der Waals surface area contributed by atoms with Crippen LogP contribution in [-0.4, -0.2) is 40.5 Å². The smallest absolute Gasteiger partial charge is 0.335 e. The van der Waals surface area contributed by atoms with Crippen LogP contribution in [0, 0.1) is 11.6 Å². The molecule has 4 rings (SSSR count). The quantitative estimate of drug-likeness (QED) is 0.306. The minimum Gasteiger partial charge on any atom is -0.494 e. The minimum absolute atomic E-state index is 0.00550. The molecule has 0 aliphatic carbocycles. The maximum absolute atomic E-state index is 14.6. The van der Waals surface area contributed by atoms with Gasteiger partial charge in [0, 0.05) is 12.8 Å². The number of aromatic nitrogens is 2. The van der Waals surface area contributed by atoms with E-state index in [1.54, 1.807) is 12.1 Å². The van der Waals surface area contributed by atoms with Gasteiger partial charge in [-0.25, -0.2) is 18.6 Å². The van der Waals surface area contributed by atoms with Crippen LogP contribution in [0.2, 0.25) is 0 Å². The maximum Gasteiger partial charge on any atom is 0.335 e. The topological polar surface area (TPSA) is 119 Å². The Balaban J connectivity index is 1.49. The van der Waals surface area contributed by atoms with Crippen molar-refractivity contribution in [1.29, 1.82) is 0 Å². The first-order chi connectivity index (χ1) is 17.8. The van der Waals surface area contributed by atoms with E-state index in [1.165, 1.54) is 43.5 Å². The van der Waals surface area contributed by atoms with Gasteiger partial charge in [-0.3, -0.25) is 9.59 Å². The van der Waals surface area contributed by atoms with Crippen LogP contribution in [-0.2, 0) is 12.8 Å². The molecule has 0 radical (unpaired) electrons. The fourth-order valence-electron chi connectivity index (χ4n) is 3.77. The number of aromatic amines is 1. The number of nitrogens with zero attached hydrogens (tertiary/aromatic N) is 1. The Labute approximate surface area is 209 Å². The molecule has 3 aromatic carbocycles. The number of carboxylic acids is 1. The van der Waals surface area contributed by atoms with Crippen molar-refractivity contribution in [2.75, 3.05) is 13.7 Å². The number of aryl methyl sites for hydroxylation is 1. The van der Waals surface area contributed by atoms with Gasteiger partial charge in [-0.1, -0.05) is 18.2 Å².